The zero-order valence-corrected chi connectivity index (χ0v) is 13.9. The molecular formula is C17H17N3S2. The van der Waals surface area contributed by atoms with Gasteiger partial charge in [-0.15, -0.1) is 0 Å². The van der Waals surface area contributed by atoms with Crippen molar-refractivity contribution in [1.82, 2.24) is 9.97 Å². The number of thiazole rings is 1. The summed E-state index contributed by atoms with van der Waals surface area (Å²) in [6.07, 6.45) is 4.30. The highest BCUT2D eigenvalue weighted by molar-refractivity contribution is 8.01. The Hall–Kier alpha value is -1.59. The summed E-state index contributed by atoms with van der Waals surface area (Å²) < 4.78 is 1.12. The largest absolute Gasteiger partial charge is 0.370 e. The predicted molar refractivity (Wildman–Crippen MR) is 95.1 cm³/mol. The molecule has 0 aliphatic carbocycles. The molecule has 5 heteroatoms. The van der Waals surface area contributed by atoms with Gasteiger partial charge in [0.1, 0.15) is 10.3 Å². The molecule has 112 valence electrons. The summed E-state index contributed by atoms with van der Waals surface area (Å²) in [7, 11) is 0. The molecule has 2 aromatic heterocycles. The van der Waals surface area contributed by atoms with Crippen LogP contribution in [0.15, 0.2) is 46.9 Å². The first kappa shape index (κ1) is 14.0. The first-order valence-electron chi connectivity index (χ1n) is 7.57. The van der Waals surface area contributed by atoms with Crippen LogP contribution in [0.4, 0.5) is 5.69 Å². The molecule has 3 heterocycles. The average molecular weight is 327 g/mol. The molecule has 1 aromatic carbocycles. The molecule has 22 heavy (non-hydrogen) atoms. The summed E-state index contributed by atoms with van der Waals surface area (Å²) in [5.74, 6) is 1.06. The molecule has 0 saturated carbocycles. The molecule has 4 rings (SSSR count). The minimum Gasteiger partial charge on any atom is -0.370 e. The van der Waals surface area contributed by atoms with Crippen molar-refractivity contribution in [2.75, 3.05) is 23.7 Å². The summed E-state index contributed by atoms with van der Waals surface area (Å²) in [6.45, 7) is 2.24. The van der Waals surface area contributed by atoms with Gasteiger partial charge in [0.05, 0.1) is 0 Å². The number of aromatic nitrogens is 2. The topological polar surface area (TPSA) is 29.0 Å². The molecule has 0 spiro atoms. The Kier molecular flexibility index (Phi) is 3.99. The van der Waals surface area contributed by atoms with E-state index in [1.165, 1.54) is 30.6 Å². The van der Waals surface area contributed by atoms with Crippen molar-refractivity contribution < 1.29 is 0 Å². The van der Waals surface area contributed by atoms with E-state index in [-0.39, 0.29) is 0 Å². The van der Waals surface area contributed by atoms with E-state index in [9.17, 15) is 0 Å². The van der Waals surface area contributed by atoms with E-state index in [0.717, 1.165) is 27.0 Å². The van der Waals surface area contributed by atoms with Crippen molar-refractivity contribution in [3.05, 3.63) is 48.2 Å². The summed E-state index contributed by atoms with van der Waals surface area (Å²) >= 11 is 3.53. The van der Waals surface area contributed by atoms with Crippen molar-refractivity contribution >= 4 is 39.1 Å². The van der Waals surface area contributed by atoms with Gasteiger partial charge in [0.2, 0.25) is 0 Å². The van der Waals surface area contributed by atoms with Gasteiger partial charge in [0.15, 0.2) is 4.34 Å². The lowest BCUT2D eigenvalue weighted by atomic mass is 10.0. The molecule has 0 N–H and O–H groups in total. The monoisotopic (exact) mass is 327 g/mol. The molecular weight excluding hydrogens is 310 g/mol. The number of hydrogen-bond acceptors (Lipinski definition) is 5. The normalized spacial score (nSPS) is 14.3. The fraction of sp³-hybridized carbons (Fsp3) is 0.294. The van der Waals surface area contributed by atoms with Gasteiger partial charge in [-0.1, -0.05) is 41.3 Å². The van der Waals surface area contributed by atoms with E-state index in [1.54, 1.807) is 11.3 Å². The van der Waals surface area contributed by atoms with Crippen molar-refractivity contribution in [3.63, 3.8) is 0 Å². The molecule has 0 saturated heterocycles. The first-order chi connectivity index (χ1) is 10.9. The third kappa shape index (κ3) is 2.83. The third-order valence-corrected chi connectivity index (χ3v) is 6.04. The van der Waals surface area contributed by atoms with Crippen LogP contribution in [0.5, 0.6) is 0 Å². The lowest BCUT2D eigenvalue weighted by Crippen LogP contribution is -2.31. The van der Waals surface area contributed by atoms with Gasteiger partial charge in [-0.3, -0.25) is 0 Å². The maximum Gasteiger partial charge on any atom is 0.152 e. The van der Waals surface area contributed by atoms with Gasteiger partial charge in [-0.25, -0.2) is 9.97 Å². The highest BCUT2D eigenvalue weighted by atomic mass is 32.2. The third-order valence-electron chi connectivity index (χ3n) is 3.94. The Bertz CT molecular complexity index is 751. The number of thioether (sulfide) groups is 1. The molecule has 1 aliphatic rings. The zero-order valence-electron chi connectivity index (χ0n) is 12.2. The van der Waals surface area contributed by atoms with Crippen molar-refractivity contribution in [1.29, 1.82) is 0 Å². The van der Waals surface area contributed by atoms with Crippen molar-refractivity contribution in [2.45, 2.75) is 17.2 Å². The molecule has 3 aromatic rings. The van der Waals surface area contributed by atoms with Gasteiger partial charge in [-0.05, 0) is 36.6 Å². The van der Waals surface area contributed by atoms with Gasteiger partial charge in [-0.2, -0.15) is 0 Å². The fourth-order valence-corrected chi connectivity index (χ4v) is 4.91. The summed E-state index contributed by atoms with van der Waals surface area (Å²) in [5.41, 5.74) is 3.92. The minimum atomic E-state index is 1.01. The van der Waals surface area contributed by atoms with Crippen LogP contribution in [0.2, 0.25) is 0 Å². The quantitative estimate of drug-likeness (QED) is 0.670. The van der Waals surface area contributed by atoms with Crippen molar-refractivity contribution in [3.8, 4) is 0 Å². The standard InChI is InChI=1S/C17H17N3S2/c1-2-8-15-13(5-1)6-4-10-20(15)11-12-21-17-19-14-7-3-9-18-16(14)22-17/h1-3,5,7-9H,4,6,10-12H2. The van der Waals surface area contributed by atoms with Crippen molar-refractivity contribution in [2.24, 2.45) is 0 Å². The smallest absolute Gasteiger partial charge is 0.152 e. The first-order valence-corrected chi connectivity index (χ1v) is 9.37. The van der Waals surface area contributed by atoms with Gasteiger partial charge in [0, 0.05) is 30.7 Å². The summed E-state index contributed by atoms with van der Waals surface area (Å²) in [4.78, 5) is 12.5. The number of nitrogens with zero attached hydrogens (tertiary/aromatic N) is 3. The van der Waals surface area contributed by atoms with Crippen LogP contribution in [0.1, 0.15) is 12.0 Å². The van der Waals surface area contributed by atoms with Crippen LogP contribution < -0.4 is 4.90 Å². The molecule has 0 radical (unpaired) electrons. The van der Waals surface area contributed by atoms with Crippen LogP contribution in [-0.2, 0) is 6.42 Å². The Morgan fingerprint density at radius 3 is 3.09 bits per heavy atom. The number of pyridine rings is 1. The fourth-order valence-electron chi connectivity index (χ4n) is 2.90. The van der Waals surface area contributed by atoms with E-state index in [0.29, 0.717) is 0 Å². The van der Waals surface area contributed by atoms with Crippen LogP contribution in [0.3, 0.4) is 0 Å². The van der Waals surface area contributed by atoms with Gasteiger partial charge >= 0.3 is 0 Å². The van der Waals surface area contributed by atoms with E-state index < -0.39 is 0 Å². The molecule has 3 nitrogen and oxygen atoms in total. The van der Waals surface area contributed by atoms with Gasteiger partial charge < -0.3 is 4.90 Å². The number of hydrogen-bond donors (Lipinski definition) is 0. The lowest BCUT2D eigenvalue weighted by molar-refractivity contribution is 0.710. The summed E-state index contributed by atoms with van der Waals surface area (Å²) in [5, 5.41) is 0. The van der Waals surface area contributed by atoms with E-state index in [4.69, 9.17) is 0 Å². The number of benzene rings is 1. The van der Waals surface area contributed by atoms with E-state index >= 15 is 0 Å². The Balaban J connectivity index is 1.41. The van der Waals surface area contributed by atoms with E-state index in [1.807, 2.05) is 30.1 Å². The van der Waals surface area contributed by atoms with Crippen LogP contribution in [0, 0.1) is 0 Å². The van der Waals surface area contributed by atoms with Crippen LogP contribution in [0.25, 0.3) is 10.3 Å². The molecule has 0 bridgehead atoms. The average Bonchev–Trinajstić information content (AvgIpc) is 2.98. The number of anilines is 1. The molecule has 0 atom stereocenters. The predicted octanol–water partition coefficient (Wildman–Crippen LogP) is 4.24. The van der Waals surface area contributed by atoms with Crippen LogP contribution >= 0.6 is 23.1 Å². The van der Waals surface area contributed by atoms with Crippen LogP contribution in [-0.4, -0.2) is 28.8 Å². The Morgan fingerprint density at radius 2 is 2.14 bits per heavy atom. The zero-order chi connectivity index (χ0) is 14.8. The number of para-hydroxylation sites is 1. The van der Waals surface area contributed by atoms with E-state index in [2.05, 4.69) is 39.1 Å². The van der Waals surface area contributed by atoms with Gasteiger partial charge in [0.25, 0.3) is 0 Å². The molecule has 1 aliphatic heterocycles. The molecule has 0 fully saturated rings. The highest BCUT2D eigenvalue weighted by Crippen LogP contribution is 2.30. The Labute approximate surface area is 138 Å². The molecule has 0 amide bonds. The summed E-state index contributed by atoms with van der Waals surface area (Å²) in [6, 6.07) is 12.8. The second-order valence-corrected chi connectivity index (χ2v) is 7.69. The SMILES string of the molecule is c1ccc2c(c1)CCCN2CCSc1nc2cccnc2s1. The Morgan fingerprint density at radius 1 is 1.18 bits per heavy atom. The second kappa shape index (κ2) is 6.26. The lowest BCUT2D eigenvalue weighted by Gasteiger charge is -2.31. The number of rotatable bonds is 4. The highest BCUT2D eigenvalue weighted by Gasteiger charge is 2.16. The second-order valence-electron chi connectivity index (χ2n) is 5.38. The maximum atomic E-state index is 4.64. The number of fused-ring (bicyclic) bond motifs is 2. The molecule has 0 unspecified atom stereocenters. The minimum absolute atomic E-state index is 1.01. The maximum absolute atomic E-state index is 4.64. The number of aryl methyl sites for hydroxylation is 1.